The Labute approximate surface area is 165 Å². The molecule has 8 N–H and O–H groups in total. The zero-order valence-corrected chi connectivity index (χ0v) is 18.8. The van der Waals surface area contributed by atoms with E-state index in [0.29, 0.717) is 26.2 Å². The molecule has 130 valence electrons. The number of hydrogen-bond acceptors (Lipinski definition) is 6. The Morgan fingerprint density at radius 3 is 0.750 bits per heavy atom. The van der Waals surface area contributed by atoms with E-state index in [2.05, 4.69) is 9.80 Å². The Balaban J connectivity index is -0.000000187. The van der Waals surface area contributed by atoms with Crippen LogP contribution in [0.15, 0.2) is 0 Å². The fourth-order valence-electron chi connectivity index (χ4n) is 1.68. The van der Waals surface area contributed by atoms with Crippen LogP contribution in [0.4, 0.5) is 0 Å². The number of nitrogens with two attached hydrogens (primary N) is 4. The highest BCUT2D eigenvalue weighted by Gasteiger charge is 2.06. The highest BCUT2D eigenvalue weighted by molar-refractivity contribution is 8.93. The van der Waals surface area contributed by atoms with Crippen molar-refractivity contribution >= 4 is 67.9 Å². The maximum absolute atomic E-state index is 5.55. The van der Waals surface area contributed by atoms with Crippen LogP contribution in [0.5, 0.6) is 0 Å². The van der Waals surface area contributed by atoms with E-state index in [0.717, 1.165) is 39.3 Å². The lowest BCUT2D eigenvalue weighted by atomic mass is 10.4. The van der Waals surface area contributed by atoms with Gasteiger partial charge in [-0.05, 0) is 0 Å². The molecule has 0 aliphatic carbocycles. The molecule has 0 amide bonds. The molecule has 20 heavy (non-hydrogen) atoms. The van der Waals surface area contributed by atoms with Crippen LogP contribution in [-0.2, 0) is 0 Å². The molecule has 0 unspecified atom stereocenters. The molecule has 10 heteroatoms. The second-order valence-corrected chi connectivity index (χ2v) is 3.84. The molecule has 0 atom stereocenters. The van der Waals surface area contributed by atoms with E-state index in [1.54, 1.807) is 0 Å². The molecule has 0 radical (unpaired) electrons. The lowest BCUT2D eigenvalue weighted by Crippen LogP contribution is -2.42. The van der Waals surface area contributed by atoms with Crippen LogP contribution in [0.2, 0.25) is 0 Å². The predicted octanol–water partition coefficient (Wildman–Crippen LogP) is -0.263. The Morgan fingerprint density at radius 2 is 0.600 bits per heavy atom. The van der Waals surface area contributed by atoms with Crippen molar-refractivity contribution in [3.63, 3.8) is 0 Å². The van der Waals surface area contributed by atoms with Gasteiger partial charge >= 0.3 is 0 Å². The highest BCUT2D eigenvalue weighted by Crippen LogP contribution is 1.91. The summed E-state index contributed by atoms with van der Waals surface area (Å²) in [5.41, 5.74) is 22.2. The first-order valence-electron chi connectivity index (χ1n) is 6.03. The van der Waals surface area contributed by atoms with Crippen LogP contribution >= 0.6 is 67.9 Å². The summed E-state index contributed by atoms with van der Waals surface area (Å²) >= 11 is 0. The maximum atomic E-state index is 5.55. The van der Waals surface area contributed by atoms with E-state index >= 15 is 0 Å². The van der Waals surface area contributed by atoms with E-state index in [-0.39, 0.29) is 67.9 Å². The third-order valence-electron chi connectivity index (χ3n) is 2.51. The highest BCUT2D eigenvalue weighted by atomic mass is 79.9. The minimum atomic E-state index is 0. The fourth-order valence-corrected chi connectivity index (χ4v) is 1.68. The molecular weight excluding hydrogens is 524 g/mol. The Hall–Kier alpha value is 1.68. The van der Waals surface area contributed by atoms with Crippen molar-refractivity contribution < 1.29 is 0 Å². The summed E-state index contributed by atoms with van der Waals surface area (Å²) in [6, 6.07) is 0. The summed E-state index contributed by atoms with van der Waals surface area (Å²) in [5.74, 6) is 0. The maximum Gasteiger partial charge on any atom is 0.0110 e. The van der Waals surface area contributed by atoms with Crippen molar-refractivity contribution in [1.29, 1.82) is 0 Å². The Kier molecular flexibility index (Phi) is 42.7. The van der Waals surface area contributed by atoms with Gasteiger partial charge in [-0.25, -0.2) is 0 Å². The van der Waals surface area contributed by atoms with Gasteiger partial charge < -0.3 is 22.9 Å². The van der Waals surface area contributed by atoms with Crippen molar-refractivity contribution in [1.82, 2.24) is 9.80 Å². The first-order chi connectivity index (χ1) is 7.78. The molecule has 6 nitrogen and oxygen atoms in total. The fraction of sp³-hybridized carbons (Fsp3) is 1.00. The molecule has 0 spiro atoms. The van der Waals surface area contributed by atoms with Gasteiger partial charge in [0, 0.05) is 65.4 Å². The molecule has 0 saturated heterocycles. The SMILES string of the molecule is Br.Br.Br.Br.NCCN(CCN)CCN(CCN)CCN. The summed E-state index contributed by atoms with van der Waals surface area (Å²) in [6.07, 6.45) is 0. The van der Waals surface area contributed by atoms with Gasteiger partial charge in [0.1, 0.15) is 0 Å². The summed E-state index contributed by atoms with van der Waals surface area (Å²) < 4.78 is 0. The van der Waals surface area contributed by atoms with Crippen LogP contribution in [0.3, 0.4) is 0 Å². The predicted molar refractivity (Wildman–Crippen MR) is 110 cm³/mol. The number of nitrogens with zero attached hydrogens (tertiary/aromatic N) is 2. The van der Waals surface area contributed by atoms with Crippen molar-refractivity contribution in [3.05, 3.63) is 0 Å². The normalized spacial score (nSPS) is 9.30. The average Bonchev–Trinajstić information content (AvgIpc) is 2.27. The van der Waals surface area contributed by atoms with E-state index in [9.17, 15) is 0 Å². The molecule has 0 saturated carbocycles. The zero-order chi connectivity index (χ0) is 12.2. The van der Waals surface area contributed by atoms with E-state index in [1.165, 1.54) is 0 Å². The number of hydrogen-bond donors (Lipinski definition) is 4. The molecule has 0 aromatic carbocycles. The second-order valence-electron chi connectivity index (χ2n) is 3.84. The zero-order valence-electron chi connectivity index (χ0n) is 11.9. The summed E-state index contributed by atoms with van der Waals surface area (Å²) in [6.45, 7) is 8.26. The second kappa shape index (κ2) is 25.6. The quantitative estimate of drug-likeness (QED) is 0.280. The van der Waals surface area contributed by atoms with E-state index in [4.69, 9.17) is 22.9 Å². The molecule has 0 aliphatic heterocycles. The molecule has 0 heterocycles. The molecule has 0 aromatic rings. The molecule has 0 aromatic heterocycles. The van der Waals surface area contributed by atoms with Crippen LogP contribution in [0, 0.1) is 0 Å². The molecule has 0 fully saturated rings. The Morgan fingerprint density at radius 1 is 0.400 bits per heavy atom. The van der Waals surface area contributed by atoms with Crippen molar-refractivity contribution in [3.8, 4) is 0 Å². The molecule has 0 rings (SSSR count). The minimum Gasteiger partial charge on any atom is -0.329 e. The van der Waals surface area contributed by atoms with E-state index in [1.807, 2.05) is 0 Å². The van der Waals surface area contributed by atoms with Crippen molar-refractivity contribution in [2.75, 3.05) is 65.4 Å². The molecule has 0 bridgehead atoms. The van der Waals surface area contributed by atoms with Crippen molar-refractivity contribution in [2.45, 2.75) is 0 Å². The van der Waals surface area contributed by atoms with Crippen LogP contribution < -0.4 is 22.9 Å². The molecular formula is C10H32Br4N6. The van der Waals surface area contributed by atoms with E-state index < -0.39 is 0 Å². The van der Waals surface area contributed by atoms with Crippen molar-refractivity contribution in [2.24, 2.45) is 22.9 Å². The average molecular weight is 556 g/mol. The number of halogens is 4. The van der Waals surface area contributed by atoms with Gasteiger partial charge in [-0.1, -0.05) is 0 Å². The monoisotopic (exact) mass is 552 g/mol. The summed E-state index contributed by atoms with van der Waals surface area (Å²) in [7, 11) is 0. The lowest BCUT2D eigenvalue weighted by Gasteiger charge is -2.26. The van der Waals surface area contributed by atoms with Crippen LogP contribution in [0.1, 0.15) is 0 Å². The first kappa shape index (κ1) is 33.3. The summed E-state index contributed by atoms with van der Waals surface area (Å²) in [5, 5.41) is 0. The van der Waals surface area contributed by atoms with Gasteiger partial charge in [-0.3, -0.25) is 9.80 Å². The molecule has 0 aliphatic rings. The summed E-state index contributed by atoms with van der Waals surface area (Å²) in [4.78, 5) is 4.56. The van der Waals surface area contributed by atoms with Crippen LogP contribution in [0.25, 0.3) is 0 Å². The van der Waals surface area contributed by atoms with Gasteiger partial charge in [-0.15, -0.1) is 67.9 Å². The standard InChI is InChI=1S/C10H28N6.4BrH/c11-1-5-15(6-2-12)9-10-16(7-3-13)8-4-14;;;;/h1-14H2;4*1H. The van der Waals surface area contributed by atoms with Crippen LogP contribution in [-0.4, -0.2) is 75.2 Å². The van der Waals surface area contributed by atoms with Gasteiger partial charge in [0.15, 0.2) is 0 Å². The minimum absolute atomic E-state index is 0. The number of rotatable bonds is 11. The third-order valence-corrected chi connectivity index (χ3v) is 2.51. The lowest BCUT2D eigenvalue weighted by molar-refractivity contribution is 0.215. The van der Waals surface area contributed by atoms with Gasteiger partial charge in [-0.2, -0.15) is 0 Å². The smallest absolute Gasteiger partial charge is 0.0110 e. The Bertz CT molecular complexity index is 130. The first-order valence-corrected chi connectivity index (χ1v) is 6.03. The topological polar surface area (TPSA) is 111 Å². The van der Waals surface area contributed by atoms with Gasteiger partial charge in [0.05, 0.1) is 0 Å². The van der Waals surface area contributed by atoms with Gasteiger partial charge in [0.2, 0.25) is 0 Å². The third kappa shape index (κ3) is 19.7. The largest absolute Gasteiger partial charge is 0.329 e. The van der Waals surface area contributed by atoms with Gasteiger partial charge in [0.25, 0.3) is 0 Å².